The fraction of sp³-hybridized carbons (Fsp3) is 0.419. The van der Waals surface area contributed by atoms with Crippen LogP contribution >= 0.6 is 0 Å². The molecule has 0 spiro atoms. The van der Waals surface area contributed by atoms with E-state index in [-0.39, 0.29) is 35.2 Å². The fourth-order valence-corrected chi connectivity index (χ4v) is 6.71. The number of esters is 1. The van der Waals surface area contributed by atoms with Gasteiger partial charge in [0.05, 0.1) is 18.6 Å². The van der Waals surface area contributed by atoms with Crippen molar-refractivity contribution in [3.8, 4) is 0 Å². The zero-order valence-corrected chi connectivity index (χ0v) is 34.2. The Balaban J connectivity index is 1.63. The summed E-state index contributed by atoms with van der Waals surface area (Å²) in [5, 5.41) is 31.4. The third-order valence-corrected chi connectivity index (χ3v) is 9.39. The first-order valence-corrected chi connectivity index (χ1v) is 19.1. The van der Waals surface area contributed by atoms with Crippen LogP contribution in [0.1, 0.15) is 71.6 Å². The van der Waals surface area contributed by atoms with Gasteiger partial charge in [0.1, 0.15) is 30.3 Å². The minimum Gasteiger partial charge on any atom is -0.481 e. The van der Waals surface area contributed by atoms with Crippen LogP contribution in [0, 0.1) is 10.8 Å². The molecule has 0 aliphatic heterocycles. The van der Waals surface area contributed by atoms with E-state index in [0.29, 0.717) is 41.5 Å². The Morgan fingerprint density at radius 1 is 0.797 bits per heavy atom. The lowest BCUT2D eigenvalue weighted by molar-refractivity contribution is -0.146. The number of carboxylic acid groups (broad SMARTS) is 3. The van der Waals surface area contributed by atoms with Crippen molar-refractivity contribution < 1.29 is 52.9 Å². The van der Waals surface area contributed by atoms with Gasteiger partial charge in [0.25, 0.3) is 0 Å². The maximum absolute atomic E-state index is 13.5. The summed E-state index contributed by atoms with van der Waals surface area (Å²) >= 11 is 0. The van der Waals surface area contributed by atoms with Crippen molar-refractivity contribution in [2.75, 3.05) is 42.6 Å². The molecule has 16 heteroatoms. The number of anilines is 2. The number of carbonyl (C=O) groups is 5. The molecule has 2 aromatic carbocycles. The zero-order chi connectivity index (χ0) is 43.8. The first-order valence-electron chi connectivity index (χ1n) is 19.1. The molecule has 16 nitrogen and oxygen atoms in total. The van der Waals surface area contributed by atoms with Crippen LogP contribution in [0.2, 0.25) is 0 Å². The molecule has 0 fully saturated rings. The summed E-state index contributed by atoms with van der Waals surface area (Å²) in [6.45, 7) is 13.8. The van der Waals surface area contributed by atoms with Gasteiger partial charge in [0.2, 0.25) is 5.91 Å². The van der Waals surface area contributed by atoms with Crippen molar-refractivity contribution >= 4 is 69.2 Å². The standard InChI is InChI=1S/C43H51N3O13/c1-8-45(9-2)26-11-13-29-31(30(41(56)59-34(29)17-26)14-15-35(47)44-32(40(54)55)19-36(48)49)21-43(6,7)24-57-39(53)23-46(22-37(50)51)27-10-12-28-25(20-42(3,4)5)16-38(52)58-33(28)18-27/h10-18,32H,8-9,19-24H2,1-7H3,(H,44,47)(H,48,49)(H,50,51)(H,54,55)/b15-14+. The number of nitrogens with zero attached hydrogens (tertiary/aromatic N) is 2. The predicted octanol–water partition coefficient (Wildman–Crippen LogP) is 5.09. The van der Waals surface area contributed by atoms with Gasteiger partial charge in [0.15, 0.2) is 0 Å². The van der Waals surface area contributed by atoms with Crippen molar-refractivity contribution in [1.82, 2.24) is 5.32 Å². The number of rotatable bonds is 19. The number of hydrogen-bond acceptors (Lipinski definition) is 12. The minimum absolute atomic E-state index is 0.0333. The molecule has 0 radical (unpaired) electrons. The Kier molecular flexibility index (Phi) is 14.5. The van der Waals surface area contributed by atoms with Crippen LogP contribution in [-0.4, -0.2) is 83.9 Å². The summed E-state index contributed by atoms with van der Waals surface area (Å²) < 4.78 is 16.9. The third-order valence-electron chi connectivity index (χ3n) is 9.39. The van der Waals surface area contributed by atoms with E-state index in [1.54, 1.807) is 38.1 Å². The summed E-state index contributed by atoms with van der Waals surface area (Å²) in [5.74, 6) is -5.92. The Bertz CT molecular complexity index is 2380. The maximum atomic E-state index is 13.5. The van der Waals surface area contributed by atoms with Crippen molar-refractivity contribution in [3.63, 3.8) is 0 Å². The molecule has 59 heavy (non-hydrogen) atoms. The number of ether oxygens (including phenoxy) is 1. The lowest BCUT2D eigenvalue weighted by Gasteiger charge is -2.27. The van der Waals surface area contributed by atoms with E-state index in [2.05, 4.69) is 10.2 Å². The molecule has 1 atom stereocenters. The molecular formula is C43H51N3O13. The van der Waals surface area contributed by atoms with Crippen LogP contribution in [0.5, 0.6) is 0 Å². The first-order chi connectivity index (χ1) is 27.6. The first kappa shape index (κ1) is 45.3. The molecular weight excluding hydrogens is 766 g/mol. The topological polar surface area (TPSA) is 234 Å². The SMILES string of the molecule is CCN(CC)c1ccc2c(CC(C)(C)COC(=O)CN(CC(=O)O)c3ccc4c(CC(C)(C)C)cc(=O)oc4c3)c(/C=C/C(=O)NC(CC(=O)O)C(=O)O)c(=O)oc2c1. The molecule has 2 heterocycles. The molecule has 4 rings (SSSR count). The Morgan fingerprint density at radius 3 is 1.98 bits per heavy atom. The normalized spacial score (nSPS) is 12.4. The van der Waals surface area contributed by atoms with Gasteiger partial charge in [-0.3, -0.25) is 19.2 Å². The highest BCUT2D eigenvalue weighted by atomic mass is 16.5. The van der Waals surface area contributed by atoms with Gasteiger partial charge in [-0.15, -0.1) is 0 Å². The highest BCUT2D eigenvalue weighted by Gasteiger charge is 2.28. The average Bonchev–Trinajstić information content (AvgIpc) is 3.12. The van der Waals surface area contributed by atoms with E-state index in [1.165, 1.54) is 17.0 Å². The Morgan fingerprint density at radius 2 is 1.41 bits per heavy atom. The highest BCUT2D eigenvalue weighted by molar-refractivity contribution is 5.96. The summed E-state index contributed by atoms with van der Waals surface area (Å²) in [6, 6.07) is 9.96. The van der Waals surface area contributed by atoms with E-state index < -0.39 is 72.0 Å². The van der Waals surface area contributed by atoms with Gasteiger partial charge in [-0.25, -0.2) is 14.4 Å². The summed E-state index contributed by atoms with van der Waals surface area (Å²) in [7, 11) is 0. The van der Waals surface area contributed by atoms with Crippen molar-refractivity contribution in [1.29, 1.82) is 0 Å². The van der Waals surface area contributed by atoms with E-state index in [0.717, 1.165) is 23.4 Å². The largest absolute Gasteiger partial charge is 0.481 e. The minimum atomic E-state index is -1.72. The Hall–Kier alpha value is -6.45. The number of hydrogen-bond donors (Lipinski definition) is 4. The van der Waals surface area contributed by atoms with Crippen molar-refractivity contribution in [3.05, 3.63) is 86.1 Å². The number of benzene rings is 2. The molecule has 2 aromatic heterocycles. The monoisotopic (exact) mass is 817 g/mol. The summed E-state index contributed by atoms with van der Waals surface area (Å²) in [6.07, 6.45) is 1.90. The van der Waals surface area contributed by atoms with Crippen LogP contribution in [0.4, 0.5) is 11.4 Å². The maximum Gasteiger partial charge on any atom is 0.343 e. The summed E-state index contributed by atoms with van der Waals surface area (Å²) in [5.41, 5.74) is 0.436. The quantitative estimate of drug-likeness (QED) is 0.0548. The molecule has 1 unspecified atom stereocenters. The lowest BCUT2D eigenvalue weighted by atomic mass is 9.83. The average molecular weight is 818 g/mol. The molecule has 0 saturated carbocycles. The molecule has 4 aromatic rings. The molecule has 0 bridgehead atoms. The lowest BCUT2D eigenvalue weighted by Crippen LogP contribution is -2.41. The van der Waals surface area contributed by atoms with Crippen molar-refractivity contribution in [2.45, 2.75) is 73.8 Å². The number of carbonyl (C=O) groups excluding carboxylic acids is 2. The van der Waals surface area contributed by atoms with E-state index in [4.69, 9.17) is 18.7 Å². The second-order valence-electron chi connectivity index (χ2n) is 16.2. The van der Waals surface area contributed by atoms with E-state index in [9.17, 15) is 43.8 Å². The van der Waals surface area contributed by atoms with Crippen LogP contribution < -0.4 is 26.4 Å². The number of carboxylic acids is 3. The van der Waals surface area contributed by atoms with Gasteiger partial charge < -0.3 is 44.0 Å². The number of aliphatic carboxylic acids is 3. The molecule has 0 saturated heterocycles. The second kappa shape index (κ2) is 18.9. The van der Waals surface area contributed by atoms with Crippen LogP contribution in [-0.2, 0) is 41.6 Å². The van der Waals surface area contributed by atoms with Crippen LogP contribution in [0.25, 0.3) is 28.0 Å². The van der Waals surface area contributed by atoms with Gasteiger partial charge in [-0.05, 0) is 73.6 Å². The van der Waals surface area contributed by atoms with Gasteiger partial charge in [-0.1, -0.05) is 34.6 Å². The van der Waals surface area contributed by atoms with Crippen molar-refractivity contribution in [2.24, 2.45) is 10.8 Å². The summed E-state index contributed by atoms with van der Waals surface area (Å²) in [4.78, 5) is 90.0. The van der Waals surface area contributed by atoms with Crippen LogP contribution in [0.15, 0.2) is 67.0 Å². The van der Waals surface area contributed by atoms with Crippen LogP contribution in [0.3, 0.4) is 0 Å². The van der Waals surface area contributed by atoms with Gasteiger partial charge in [-0.2, -0.15) is 0 Å². The molecule has 4 N–H and O–H groups in total. The molecule has 1 amide bonds. The second-order valence-corrected chi connectivity index (χ2v) is 16.2. The highest BCUT2D eigenvalue weighted by Crippen LogP contribution is 2.32. The number of nitrogens with one attached hydrogen (secondary N) is 1. The molecule has 0 aliphatic carbocycles. The molecule has 316 valence electrons. The predicted molar refractivity (Wildman–Crippen MR) is 221 cm³/mol. The van der Waals surface area contributed by atoms with Gasteiger partial charge >= 0.3 is 35.1 Å². The van der Waals surface area contributed by atoms with E-state index >= 15 is 0 Å². The smallest absolute Gasteiger partial charge is 0.343 e. The number of fused-ring (bicyclic) bond motifs is 2. The van der Waals surface area contributed by atoms with Gasteiger partial charge in [0, 0.05) is 64.9 Å². The molecule has 0 aliphatic rings. The van der Waals surface area contributed by atoms with E-state index in [1.807, 2.05) is 40.7 Å². The fourth-order valence-electron chi connectivity index (χ4n) is 6.71. The zero-order valence-electron chi connectivity index (χ0n) is 34.2. The Labute approximate surface area is 340 Å². The third kappa shape index (κ3) is 12.5. The number of amides is 1.